The molecule has 0 fully saturated rings. The van der Waals surface area contributed by atoms with Crippen molar-refractivity contribution < 1.29 is 28.6 Å². The van der Waals surface area contributed by atoms with Crippen LogP contribution in [0.5, 0.6) is 5.75 Å². The first kappa shape index (κ1) is 20.4. The Balaban J connectivity index is 1.79. The molecule has 1 heterocycles. The van der Waals surface area contributed by atoms with Crippen LogP contribution >= 0.6 is 0 Å². The van der Waals surface area contributed by atoms with Gasteiger partial charge in [0, 0.05) is 11.6 Å². The first-order chi connectivity index (χ1) is 14.5. The zero-order chi connectivity index (χ0) is 21.5. The molecule has 0 unspecified atom stereocenters. The van der Waals surface area contributed by atoms with E-state index in [1.807, 2.05) is 0 Å². The van der Waals surface area contributed by atoms with Gasteiger partial charge in [-0.1, -0.05) is 12.1 Å². The summed E-state index contributed by atoms with van der Waals surface area (Å²) < 4.78 is 10.4. The molecule has 8 nitrogen and oxygen atoms in total. The van der Waals surface area contributed by atoms with E-state index in [4.69, 9.17) is 9.15 Å². The molecule has 3 N–H and O–H groups in total. The van der Waals surface area contributed by atoms with Gasteiger partial charge in [0.1, 0.15) is 11.5 Å². The molecule has 0 radical (unpaired) electrons. The van der Waals surface area contributed by atoms with Crippen LogP contribution in [0.4, 0.5) is 11.4 Å². The lowest BCUT2D eigenvalue weighted by molar-refractivity contribution is -0.111. The molecule has 8 heteroatoms. The number of ether oxygens (including phenoxy) is 1. The van der Waals surface area contributed by atoms with E-state index in [9.17, 15) is 19.5 Å². The van der Waals surface area contributed by atoms with E-state index in [1.165, 1.54) is 55.9 Å². The molecule has 0 spiro atoms. The normalized spacial score (nSPS) is 10.6. The van der Waals surface area contributed by atoms with Crippen LogP contribution in [-0.2, 0) is 4.79 Å². The monoisotopic (exact) mass is 406 g/mol. The zero-order valence-corrected chi connectivity index (χ0v) is 15.9. The second-order valence-corrected chi connectivity index (χ2v) is 6.06. The van der Waals surface area contributed by atoms with Crippen molar-refractivity contribution >= 4 is 35.2 Å². The predicted molar refractivity (Wildman–Crippen MR) is 111 cm³/mol. The molecule has 0 atom stereocenters. The standard InChI is InChI=1S/C22H18N2O6/c1-29-19-10-8-14(21(26)24-17-7-3-2-6-16(17)22(27)28)13-18(19)23-20(25)11-9-15-5-4-12-30-15/h2-13H,1H3,(H,23,25)(H,24,26)(H,27,28). The van der Waals surface area contributed by atoms with Crippen molar-refractivity contribution in [2.24, 2.45) is 0 Å². The molecule has 0 bridgehead atoms. The van der Waals surface area contributed by atoms with Crippen molar-refractivity contribution in [3.63, 3.8) is 0 Å². The fraction of sp³-hybridized carbons (Fsp3) is 0.0455. The number of carbonyl (C=O) groups is 3. The van der Waals surface area contributed by atoms with E-state index in [0.717, 1.165) is 0 Å². The van der Waals surface area contributed by atoms with Crippen molar-refractivity contribution in [1.29, 1.82) is 0 Å². The maximum atomic E-state index is 12.6. The molecule has 2 aromatic carbocycles. The highest BCUT2D eigenvalue weighted by molar-refractivity contribution is 6.09. The Morgan fingerprint density at radius 2 is 1.80 bits per heavy atom. The van der Waals surface area contributed by atoms with E-state index in [1.54, 1.807) is 24.3 Å². The van der Waals surface area contributed by atoms with Gasteiger partial charge in [0.15, 0.2) is 0 Å². The summed E-state index contributed by atoms with van der Waals surface area (Å²) in [6, 6.07) is 13.9. The Kier molecular flexibility index (Phi) is 6.29. The molecule has 152 valence electrons. The topological polar surface area (TPSA) is 118 Å². The van der Waals surface area contributed by atoms with E-state index >= 15 is 0 Å². The summed E-state index contributed by atoms with van der Waals surface area (Å²) in [5, 5.41) is 14.5. The first-order valence-corrected chi connectivity index (χ1v) is 8.82. The minimum absolute atomic E-state index is 0.0315. The number of carbonyl (C=O) groups excluding carboxylic acids is 2. The fourth-order valence-electron chi connectivity index (χ4n) is 2.64. The van der Waals surface area contributed by atoms with E-state index < -0.39 is 17.8 Å². The number of carboxylic acids is 1. The Bertz CT molecular complexity index is 1100. The van der Waals surface area contributed by atoms with Crippen LogP contribution in [0.3, 0.4) is 0 Å². The number of anilines is 2. The number of amides is 2. The summed E-state index contributed by atoms with van der Waals surface area (Å²) in [4.78, 5) is 36.1. The molecule has 0 saturated carbocycles. The largest absolute Gasteiger partial charge is 0.495 e. The average molecular weight is 406 g/mol. The molecule has 2 amide bonds. The van der Waals surface area contributed by atoms with Gasteiger partial charge >= 0.3 is 5.97 Å². The Hall–Kier alpha value is -4.33. The van der Waals surface area contributed by atoms with Crippen LogP contribution in [-0.4, -0.2) is 30.0 Å². The number of methoxy groups -OCH3 is 1. The third-order valence-corrected chi connectivity index (χ3v) is 4.07. The van der Waals surface area contributed by atoms with Crippen molar-refractivity contribution in [2.75, 3.05) is 17.7 Å². The van der Waals surface area contributed by atoms with Crippen LogP contribution in [0.25, 0.3) is 6.08 Å². The molecular formula is C22H18N2O6. The van der Waals surface area contributed by atoms with Gasteiger partial charge in [-0.3, -0.25) is 9.59 Å². The van der Waals surface area contributed by atoms with Crippen LogP contribution in [0.15, 0.2) is 71.4 Å². The number of hydrogen-bond acceptors (Lipinski definition) is 5. The number of para-hydroxylation sites is 1. The smallest absolute Gasteiger partial charge is 0.337 e. The maximum Gasteiger partial charge on any atom is 0.337 e. The number of hydrogen-bond donors (Lipinski definition) is 3. The third-order valence-electron chi connectivity index (χ3n) is 4.07. The highest BCUT2D eigenvalue weighted by Crippen LogP contribution is 2.26. The molecule has 3 rings (SSSR count). The number of nitrogens with one attached hydrogen (secondary N) is 2. The molecule has 0 aliphatic heterocycles. The van der Waals surface area contributed by atoms with Gasteiger partial charge in [-0.2, -0.15) is 0 Å². The maximum absolute atomic E-state index is 12.6. The van der Waals surface area contributed by atoms with Gasteiger partial charge < -0.3 is 24.9 Å². The number of aromatic carboxylic acids is 1. The highest BCUT2D eigenvalue weighted by atomic mass is 16.5. The van der Waals surface area contributed by atoms with Gasteiger partial charge in [0.05, 0.1) is 30.3 Å². The van der Waals surface area contributed by atoms with Gasteiger partial charge in [-0.25, -0.2) is 4.79 Å². The zero-order valence-electron chi connectivity index (χ0n) is 15.9. The SMILES string of the molecule is COc1ccc(C(=O)Nc2ccccc2C(=O)O)cc1NC(=O)C=Cc1ccco1. The second kappa shape index (κ2) is 9.24. The molecule has 0 aliphatic carbocycles. The second-order valence-electron chi connectivity index (χ2n) is 6.06. The molecular weight excluding hydrogens is 388 g/mol. The van der Waals surface area contributed by atoms with Gasteiger partial charge in [0.25, 0.3) is 5.91 Å². The summed E-state index contributed by atoms with van der Waals surface area (Å²) in [5.74, 6) is -1.26. The van der Waals surface area contributed by atoms with Crippen LogP contribution in [0.1, 0.15) is 26.5 Å². The average Bonchev–Trinajstić information content (AvgIpc) is 3.26. The van der Waals surface area contributed by atoms with Gasteiger partial charge in [0.2, 0.25) is 5.91 Å². The number of furan rings is 1. The molecule has 3 aromatic rings. The number of carboxylic acid groups (broad SMARTS) is 1. The predicted octanol–water partition coefficient (Wildman–Crippen LogP) is 3.89. The highest BCUT2D eigenvalue weighted by Gasteiger charge is 2.15. The lowest BCUT2D eigenvalue weighted by atomic mass is 10.1. The Morgan fingerprint density at radius 3 is 2.50 bits per heavy atom. The quantitative estimate of drug-likeness (QED) is 0.512. The van der Waals surface area contributed by atoms with Crippen molar-refractivity contribution in [3.8, 4) is 5.75 Å². The van der Waals surface area contributed by atoms with Gasteiger partial charge in [-0.15, -0.1) is 0 Å². The molecule has 30 heavy (non-hydrogen) atoms. The number of benzene rings is 2. The fourth-order valence-corrected chi connectivity index (χ4v) is 2.64. The van der Waals surface area contributed by atoms with Gasteiger partial charge in [-0.05, 0) is 48.5 Å². The first-order valence-electron chi connectivity index (χ1n) is 8.82. The van der Waals surface area contributed by atoms with Crippen LogP contribution in [0.2, 0.25) is 0 Å². The lowest BCUT2D eigenvalue weighted by Crippen LogP contribution is -2.16. The van der Waals surface area contributed by atoms with Crippen molar-refractivity contribution in [1.82, 2.24) is 0 Å². The Morgan fingerprint density at radius 1 is 1.00 bits per heavy atom. The summed E-state index contributed by atoms with van der Waals surface area (Å²) in [6.45, 7) is 0. The molecule has 0 saturated heterocycles. The minimum atomic E-state index is -1.16. The summed E-state index contributed by atoms with van der Waals surface area (Å²) in [7, 11) is 1.44. The summed E-state index contributed by atoms with van der Waals surface area (Å²) in [6.07, 6.45) is 4.28. The lowest BCUT2D eigenvalue weighted by Gasteiger charge is -2.12. The van der Waals surface area contributed by atoms with E-state index in [0.29, 0.717) is 11.5 Å². The van der Waals surface area contributed by atoms with Crippen molar-refractivity contribution in [2.45, 2.75) is 0 Å². The summed E-state index contributed by atoms with van der Waals surface area (Å²) in [5.41, 5.74) is 0.626. The van der Waals surface area contributed by atoms with Crippen LogP contribution < -0.4 is 15.4 Å². The van der Waals surface area contributed by atoms with Crippen LogP contribution in [0, 0.1) is 0 Å². The molecule has 1 aromatic heterocycles. The Labute approximate surface area is 171 Å². The van der Waals surface area contributed by atoms with E-state index in [-0.39, 0.29) is 22.5 Å². The third kappa shape index (κ3) is 4.93. The van der Waals surface area contributed by atoms with Crippen molar-refractivity contribution in [3.05, 3.63) is 83.8 Å². The molecule has 0 aliphatic rings. The summed E-state index contributed by atoms with van der Waals surface area (Å²) >= 11 is 0. The number of rotatable bonds is 7. The minimum Gasteiger partial charge on any atom is -0.495 e. The van der Waals surface area contributed by atoms with E-state index in [2.05, 4.69) is 10.6 Å².